The molecule has 1 atom stereocenters. The van der Waals surface area contributed by atoms with E-state index in [1.165, 1.54) is 18.7 Å². The molecule has 0 saturated heterocycles. The van der Waals surface area contributed by atoms with Crippen molar-refractivity contribution in [3.8, 4) is 0 Å². The van der Waals surface area contributed by atoms with Gasteiger partial charge in [0.15, 0.2) is 11.9 Å². The minimum atomic E-state index is -0.982. The van der Waals surface area contributed by atoms with Crippen LogP contribution in [0.25, 0.3) is 0 Å². The molecule has 0 aliphatic carbocycles. The first-order chi connectivity index (χ1) is 10.5. The molecule has 0 fully saturated rings. The van der Waals surface area contributed by atoms with E-state index in [4.69, 9.17) is 15.0 Å². The van der Waals surface area contributed by atoms with Crippen molar-refractivity contribution in [2.75, 3.05) is 0 Å². The van der Waals surface area contributed by atoms with Gasteiger partial charge in [-0.2, -0.15) is 4.98 Å². The first-order valence-electron chi connectivity index (χ1n) is 6.48. The maximum absolute atomic E-state index is 12.1. The van der Waals surface area contributed by atoms with Gasteiger partial charge in [0.25, 0.3) is 5.91 Å². The Morgan fingerprint density at radius 1 is 1.41 bits per heavy atom. The second-order valence-electron chi connectivity index (χ2n) is 4.47. The summed E-state index contributed by atoms with van der Waals surface area (Å²) in [6, 6.07) is 6.92. The first-order valence-corrected chi connectivity index (χ1v) is 7.47. The van der Waals surface area contributed by atoms with E-state index in [-0.39, 0.29) is 0 Å². The van der Waals surface area contributed by atoms with Gasteiger partial charge in [0.05, 0.1) is 11.3 Å². The van der Waals surface area contributed by atoms with Crippen molar-refractivity contribution in [1.29, 1.82) is 0 Å². The SMILES string of the molecule is Cc1noc(CSc2ccccc2C(=O)OC(C)C(N)=O)n1. The minimum Gasteiger partial charge on any atom is -0.449 e. The van der Waals surface area contributed by atoms with E-state index in [2.05, 4.69) is 10.1 Å². The fourth-order valence-corrected chi connectivity index (χ4v) is 2.46. The second-order valence-corrected chi connectivity index (χ2v) is 5.49. The van der Waals surface area contributed by atoms with Crippen LogP contribution in [0.3, 0.4) is 0 Å². The molecule has 0 aliphatic rings. The van der Waals surface area contributed by atoms with Gasteiger partial charge in [0.1, 0.15) is 0 Å². The number of thioether (sulfide) groups is 1. The lowest BCUT2D eigenvalue weighted by Gasteiger charge is -2.11. The minimum absolute atomic E-state index is 0.358. The highest BCUT2D eigenvalue weighted by molar-refractivity contribution is 7.98. The van der Waals surface area contributed by atoms with Crippen LogP contribution >= 0.6 is 11.8 Å². The number of ether oxygens (including phenoxy) is 1. The number of benzene rings is 1. The Labute approximate surface area is 131 Å². The molecule has 0 bridgehead atoms. The van der Waals surface area contributed by atoms with Crippen LogP contribution in [0.1, 0.15) is 29.0 Å². The number of esters is 1. The van der Waals surface area contributed by atoms with E-state index in [9.17, 15) is 9.59 Å². The Morgan fingerprint density at radius 3 is 2.77 bits per heavy atom. The standard InChI is InChI=1S/C14H15N3O4S/c1-8(13(15)18)20-14(19)10-5-3-4-6-11(10)22-7-12-16-9(2)17-21-12/h3-6,8H,7H2,1-2H3,(H2,15,18). The number of hydrogen-bond acceptors (Lipinski definition) is 7. The fourth-order valence-electron chi connectivity index (χ4n) is 1.58. The first kappa shape index (κ1) is 16.0. The second kappa shape index (κ2) is 7.08. The molecule has 0 spiro atoms. The largest absolute Gasteiger partial charge is 0.449 e. The van der Waals surface area contributed by atoms with Gasteiger partial charge in [-0.05, 0) is 26.0 Å². The summed E-state index contributed by atoms with van der Waals surface area (Å²) in [6.45, 7) is 3.16. The van der Waals surface area contributed by atoms with E-state index < -0.39 is 18.0 Å². The summed E-state index contributed by atoms with van der Waals surface area (Å²) in [5.74, 6) is 0.155. The van der Waals surface area contributed by atoms with Crippen LogP contribution in [-0.4, -0.2) is 28.1 Å². The van der Waals surface area contributed by atoms with Gasteiger partial charge < -0.3 is 15.0 Å². The van der Waals surface area contributed by atoms with Crippen LogP contribution in [0.5, 0.6) is 0 Å². The van der Waals surface area contributed by atoms with Gasteiger partial charge in [0, 0.05) is 4.90 Å². The van der Waals surface area contributed by atoms with Crippen molar-refractivity contribution in [2.45, 2.75) is 30.6 Å². The number of nitrogens with zero attached hydrogens (tertiary/aromatic N) is 2. The van der Waals surface area contributed by atoms with Gasteiger partial charge in [0.2, 0.25) is 5.89 Å². The quantitative estimate of drug-likeness (QED) is 0.637. The lowest BCUT2D eigenvalue weighted by atomic mass is 10.2. The summed E-state index contributed by atoms with van der Waals surface area (Å²) in [7, 11) is 0. The van der Waals surface area contributed by atoms with Crippen LogP contribution in [0, 0.1) is 6.92 Å². The van der Waals surface area contributed by atoms with Gasteiger partial charge >= 0.3 is 5.97 Å². The third-order valence-corrected chi connectivity index (χ3v) is 3.77. The van der Waals surface area contributed by atoms with Crippen molar-refractivity contribution in [3.05, 3.63) is 41.5 Å². The van der Waals surface area contributed by atoms with Crippen LogP contribution in [0.15, 0.2) is 33.7 Å². The zero-order chi connectivity index (χ0) is 16.1. The predicted molar refractivity (Wildman–Crippen MR) is 79.1 cm³/mol. The molecule has 2 N–H and O–H groups in total. The molecule has 22 heavy (non-hydrogen) atoms. The molecular weight excluding hydrogens is 306 g/mol. The average Bonchev–Trinajstić information content (AvgIpc) is 2.90. The molecule has 1 aromatic heterocycles. The highest BCUT2D eigenvalue weighted by atomic mass is 32.2. The summed E-state index contributed by atoms with van der Waals surface area (Å²) < 4.78 is 10.0. The highest BCUT2D eigenvalue weighted by Crippen LogP contribution is 2.26. The lowest BCUT2D eigenvalue weighted by Crippen LogP contribution is -2.30. The van der Waals surface area contributed by atoms with Crippen LogP contribution in [0.4, 0.5) is 0 Å². The molecular formula is C14H15N3O4S. The summed E-state index contributed by atoms with van der Waals surface area (Å²) in [4.78, 5) is 27.9. The van der Waals surface area contributed by atoms with Crippen LogP contribution in [0.2, 0.25) is 0 Å². The van der Waals surface area contributed by atoms with E-state index >= 15 is 0 Å². The van der Waals surface area contributed by atoms with Gasteiger partial charge in [-0.25, -0.2) is 4.79 Å². The van der Waals surface area contributed by atoms with Crippen molar-refractivity contribution in [3.63, 3.8) is 0 Å². The number of aryl methyl sites for hydroxylation is 1. The Balaban J connectivity index is 2.09. The number of amides is 1. The monoisotopic (exact) mass is 321 g/mol. The van der Waals surface area contributed by atoms with E-state index in [1.807, 2.05) is 0 Å². The molecule has 1 aromatic carbocycles. The molecule has 0 aliphatic heterocycles. The van der Waals surface area contributed by atoms with E-state index in [0.717, 1.165) is 0 Å². The van der Waals surface area contributed by atoms with Crippen molar-refractivity contribution >= 4 is 23.6 Å². The third kappa shape index (κ3) is 4.08. The van der Waals surface area contributed by atoms with Gasteiger partial charge in [-0.1, -0.05) is 17.3 Å². The zero-order valence-electron chi connectivity index (χ0n) is 12.1. The van der Waals surface area contributed by atoms with Crippen molar-refractivity contribution in [1.82, 2.24) is 10.1 Å². The Hall–Kier alpha value is -2.35. The van der Waals surface area contributed by atoms with Crippen molar-refractivity contribution < 1.29 is 18.8 Å². The lowest BCUT2D eigenvalue weighted by molar-refractivity contribution is -0.125. The van der Waals surface area contributed by atoms with Crippen molar-refractivity contribution in [2.24, 2.45) is 5.73 Å². The predicted octanol–water partition coefficient (Wildman–Crippen LogP) is 1.70. The maximum Gasteiger partial charge on any atom is 0.340 e. The maximum atomic E-state index is 12.1. The van der Waals surface area contributed by atoms with E-state index in [1.54, 1.807) is 31.2 Å². The Kier molecular flexibility index (Phi) is 5.16. The summed E-state index contributed by atoms with van der Waals surface area (Å²) in [6.07, 6.45) is -0.982. The third-order valence-electron chi connectivity index (χ3n) is 2.71. The topological polar surface area (TPSA) is 108 Å². The number of rotatable bonds is 6. The summed E-state index contributed by atoms with van der Waals surface area (Å²) in [5.41, 5.74) is 5.45. The molecule has 2 rings (SSSR count). The fraction of sp³-hybridized carbons (Fsp3) is 0.286. The highest BCUT2D eigenvalue weighted by Gasteiger charge is 2.19. The molecule has 0 saturated carbocycles. The number of hydrogen-bond donors (Lipinski definition) is 1. The molecule has 0 radical (unpaired) electrons. The summed E-state index contributed by atoms with van der Waals surface area (Å²) in [5, 5.41) is 3.70. The van der Waals surface area contributed by atoms with Gasteiger partial charge in [-0.15, -0.1) is 11.8 Å². The van der Waals surface area contributed by atoms with Crippen LogP contribution < -0.4 is 5.73 Å². The molecule has 1 amide bonds. The Morgan fingerprint density at radius 2 is 2.14 bits per heavy atom. The smallest absolute Gasteiger partial charge is 0.340 e. The zero-order valence-corrected chi connectivity index (χ0v) is 12.9. The number of carbonyl (C=O) groups excluding carboxylic acids is 2. The average molecular weight is 321 g/mol. The summed E-state index contributed by atoms with van der Waals surface area (Å²) >= 11 is 1.36. The van der Waals surface area contributed by atoms with Gasteiger partial charge in [-0.3, -0.25) is 4.79 Å². The molecule has 116 valence electrons. The molecule has 2 aromatic rings. The number of carbonyl (C=O) groups is 2. The normalized spacial score (nSPS) is 11.9. The van der Waals surface area contributed by atoms with Crippen LogP contribution in [-0.2, 0) is 15.3 Å². The molecule has 7 nitrogen and oxygen atoms in total. The Bertz CT molecular complexity index is 686. The number of primary amides is 1. The molecule has 1 unspecified atom stereocenters. The number of aromatic nitrogens is 2. The molecule has 8 heteroatoms. The number of nitrogens with two attached hydrogens (primary N) is 1. The molecule has 1 heterocycles. The van der Waals surface area contributed by atoms with E-state index in [0.29, 0.717) is 27.9 Å².